The number of carbonyl (C=O) groups is 1. The molecule has 1 aromatic rings. The second-order valence-corrected chi connectivity index (χ2v) is 6.39. The van der Waals surface area contributed by atoms with Crippen LogP contribution in [-0.4, -0.2) is 46.4 Å². The Morgan fingerprint density at radius 1 is 1.35 bits per heavy atom. The van der Waals surface area contributed by atoms with Crippen molar-refractivity contribution in [3.05, 3.63) is 16.0 Å². The maximum Gasteiger partial charge on any atom is 0.358 e. The van der Waals surface area contributed by atoms with E-state index in [9.17, 15) is 23.1 Å². The van der Waals surface area contributed by atoms with E-state index < -0.39 is 33.0 Å². The summed E-state index contributed by atoms with van der Waals surface area (Å²) in [5.74, 6) is -3.01. The summed E-state index contributed by atoms with van der Waals surface area (Å²) >= 11 is 0. The number of hydrogen-bond acceptors (Lipinski definition) is 6. The smallest absolute Gasteiger partial charge is 0.358 e. The number of carboxylic acids is 1. The van der Waals surface area contributed by atoms with Gasteiger partial charge in [0.25, 0.3) is 5.56 Å². The highest BCUT2D eigenvalue weighted by Crippen LogP contribution is 2.22. The zero-order valence-corrected chi connectivity index (χ0v) is 11.4. The van der Waals surface area contributed by atoms with Crippen molar-refractivity contribution < 1.29 is 23.4 Å². The van der Waals surface area contributed by atoms with Crippen LogP contribution < -0.4 is 9.86 Å². The minimum Gasteiger partial charge on any atom is -0.501 e. The Morgan fingerprint density at radius 2 is 2.00 bits per heavy atom. The second kappa shape index (κ2) is 4.78. The van der Waals surface area contributed by atoms with Gasteiger partial charge in [0.15, 0.2) is 5.69 Å². The van der Waals surface area contributed by atoms with E-state index in [4.69, 9.17) is 5.11 Å². The number of aromatic carboxylic acids is 1. The van der Waals surface area contributed by atoms with Gasteiger partial charge in [0.2, 0.25) is 21.7 Å². The van der Waals surface area contributed by atoms with Gasteiger partial charge in [-0.15, -0.1) is 0 Å². The maximum atomic E-state index is 12.0. The number of aromatic hydroxyl groups is 1. The maximum absolute atomic E-state index is 12.0. The fourth-order valence-corrected chi connectivity index (χ4v) is 3.57. The summed E-state index contributed by atoms with van der Waals surface area (Å²) in [6.45, 7) is 0.118. The molecule has 0 aromatic carbocycles. The largest absolute Gasteiger partial charge is 0.501 e. The third-order valence-electron chi connectivity index (χ3n) is 3.02. The Hall–Kier alpha value is -2.10. The molecule has 9 nitrogen and oxygen atoms in total. The van der Waals surface area contributed by atoms with Crippen LogP contribution in [-0.2, 0) is 17.1 Å². The van der Waals surface area contributed by atoms with Gasteiger partial charge in [0.05, 0.1) is 5.75 Å². The molecule has 20 heavy (non-hydrogen) atoms. The molecule has 1 fully saturated rings. The van der Waals surface area contributed by atoms with Gasteiger partial charge in [-0.1, -0.05) is 0 Å². The molecule has 2 N–H and O–H groups in total. The van der Waals surface area contributed by atoms with Gasteiger partial charge in [-0.3, -0.25) is 9.36 Å². The number of hydrogen-bond donors (Lipinski definition) is 2. The van der Waals surface area contributed by atoms with E-state index >= 15 is 0 Å². The summed E-state index contributed by atoms with van der Waals surface area (Å²) in [7, 11) is -2.41. The molecule has 10 heteroatoms. The fraction of sp³-hybridized carbons (Fsp3) is 0.500. The molecule has 0 unspecified atom stereocenters. The van der Waals surface area contributed by atoms with Crippen molar-refractivity contribution in [3.8, 4) is 5.75 Å². The lowest BCUT2D eigenvalue weighted by Crippen LogP contribution is -2.42. The molecule has 0 aliphatic carbocycles. The van der Waals surface area contributed by atoms with Gasteiger partial charge in [-0.25, -0.2) is 22.5 Å². The minimum absolute atomic E-state index is 0.0911. The topological polar surface area (TPSA) is 130 Å². The quantitative estimate of drug-likeness (QED) is 0.725. The summed E-state index contributed by atoms with van der Waals surface area (Å²) in [6, 6.07) is 0. The molecule has 1 aromatic heterocycles. The third-order valence-corrected chi connectivity index (χ3v) is 4.84. The van der Waals surface area contributed by atoms with Crippen LogP contribution in [0.4, 0.5) is 5.95 Å². The minimum atomic E-state index is -3.63. The molecule has 0 amide bonds. The predicted molar refractivity (Wildman–Crippen MR) is 68.5 cm³/mol. The van der Waals surface area contributed by atoms with E-state index in [1.807, 2.05) is 0 Å². The number of carboxylic acid groups (broad SMARTS) is 1. The standard InChI is InChI=1S/C10H13N3O6S/c1-12-8(15)7(14)6(9(16)17)11-10(12)13-4-2-3-5-20(13,18)19/h14H,2-5H2,1H3,(H,16,17). The summed E-state index contributed by atoms with van der Waals surface area (Å²) in [6.07, 6.45) is 1.08. The number of aromatic nitrogens is 2. The van der Waals surface area contributed by atoms with Gasteiger partial charge in [-0.2, -0.15) is 0 Å². The third kappa shape index (κ3) is 2.22. The highest BCUT2D eigenvalue weighted by Gasteiger charge is 2.31. The Morgan fingerprint density at radius 3 is 2.55 bits per heavy atom. The summed E-state index contributed by atoms with van der Waals surface area (Å²) < 4.78 is 25.7. The average Bonchev–Trinajstić information content (AvgIpc) is 2.36. The molecule has 0 bridgehead atoms. The van der Waals surface area contributed by atoms with Crippen molar-refractivity contribution in [2.24, 2.45) is 7.05 Å². The Kier molecular flexibility index (Phi) is 3.42. The zero-order chi connectivity index (χ0) is 15.1. The Bertz CT molecular complexity index is 723. The van der Waals surface area contributed by atoms with Crippen molar-refractivity contribution in [2.75, 3.05) is 16.6 Å². The van der Waals surface area contributed by atoms with E-state index in [-0.39, 0.29) is 18.2 Å². The molecular formula is C10H13N3O6S. The molecule has 2 rings (SSSR count). The number of nitrogens with zero attached hydrogens (tertiary/aromatic N) is 3. The Balaban J connectivity index is 2.69. The van der Waals surface area contributed by atoms with Crippen LogP contribution in [0.3, 0.4) is 0 Å². The summed E-state index contributed by atoms with van der Waals surface area (Å²) in [4.78, 5) is 26.3. The van der Waals surface area contributed by atoms with E-state index in [1.165, 1.54) is 7.05 Å². The highest BCUT2D eigenvalue weighted by atomic mass is 32.2. The average molecular weight is 303 g/mol. The molecule has 110 valence electrons. The van der Waals surface area contributed by atoms with Gasteiger partial charge in [0.1, 0.15) is 0 Å². The van der Waals surface area contributed by atoms with Gasteiger partial charge >= 0.3 is 5.97 Å². The van der Waals surface area contributed by atoms with Gasteiger partial charge in [-0.05, 0) is 12.8 Å². The van der Waals surface area contributed by atoms with E-state index in [0.29, 0.717) is 12.8 Å². The normalized spacial score (nSPS) is 17.9. The monoisotopic (exact) mass is 303 g/mol. The molecular weight excluding hydrogens is 290 g/mol. The molecule has 1 aliphatic heterocycles. The molecule has 1 saturated heterocycles. The molecule has 0 radical (unpaired) electrons. The van der Waals surface area contributed by atoms with Crippen molar-refractivity contribution in [1.29, 1.82) is 0 Å². The highest BCUT2D eigenvalue weighted by molar-refractivity contribution is 7.92. The van der Waals surface area contributed by atoms with Crippen LogP contribution in [0, 0.1) is 0 Å². The van der Waals surface area contributed by atoms with Gasteiger partial charge in [0, 0.05) is 13.6 Å². The predicted octanol–water partition coefficient (Wildman–Crippen LogP) is -0.886. The van der Waals surface area contributed by atoms with E-state index in [2.05, 4.69) is 4.98 Å². The summed E-state index contributed by atoms with van der Waals surface area (Å²) in [5, 5.41) is 18.4. The number of sulfonamides is 1. The molecule has 0 spiro atoms. The molecule has 0 atom stereocenters. The number of rotatable bonds is 2. The van der Waals surface area contributed by atoms with Crippen LogP contribution in [0.1, 0.15) is 23.3 Å². The van der Waals surface area contributed by atoms with Crippen LogP contribution in [0.2, 0.25) is 0 Å². The fourth-order valence-electron chi connectivity index (χ4n) is 1.96. The van der Waals surface area contributed by atoms with Crippen molar-refractivity contribution in [2.45, 2.75) is 12.8 Å². The first-order valence-electron chi connectivity index (χ1n) is 5.79. The molecule has 0 saturated carbocycles. The van der Waals surface area contributed by atoms with Crippen molar-refractivity contribution >= 4 is 21.9 Å². The van der Waals surface area contributed by atoms with Crippen LogP contribution in [0.5, 0.6) is 5.75 Å². The first-order valence-corrected chi connectivity index (χ1v) is 7.40. The van der Waals surface area contributed by atoms with Crippen LogP contribution in [0.15, 0.2) is 4.79 Å². The lowest BCUT2D eigenvalue weighted by atomic mass is 10.3. The first kappa shape index (κ1) is 14.3. The Labute approximate surface area is 114 Å². The first-order chi connectivity index (χ1) is 9.25. The summed E-state index contributed by atoms with van der Waals surface area (Å²) in [5.41, 5.74) is -1.86. The van der Waals surface area contributed by atoms with Crippen LogP contribution >= 0.6 is 0 Å². The second-order valence-electron chi connectivity index (χ2n) is 4.37. The lowest BCUT2D eigenvalue weighted by Gasteiger charge is -2.28. The van der Waals surface area contributed by atoms with E-state index in [1.54, 1.807) is 0 Å². The van der Waals surface area contributed by atoms with E-state index in [0.717, 1.165) is 8.87 Å². The van der Waals surface area contributed by atoms with Crippen LogP contribution in [0.25, 0.3) is 0 Å². The van der Waals surface area contributed by atoms with Crippen molar-refractivity contribution in [3.63, 3.8) is 0 Å². The number of anilines is 1. The molecule has 1 aliphatic rings. The zero-order valence-electron chi connectivity index (χ0n) is 10.6. The van der Waals surface area contributed by atoms with Gasteiger partial charge < -0.3 is 10.2 Å². The van der Waals surface area contributed by atoms with Crippen molar-refractivity contribution in [1.82, 2.24) is 9.55 Å². The SMILES string of the molecule is Cn1c(N2CCCCS2(=O)=O)nc(C(=O)O)c(O)c1=O. The lowest BCUT2D eigenvalue weighted by molar-refractivity contribution is 0.0686. The molecule has 2 heterocycles.